The molecular weight excluding hydrogens is 222 g/mol. The molecule has 0 spiro atoms. The summed E-state index contributed by atoms with van der Waals surface area (Å²) in [5.74, 6) is 0.394. The average molecular weight is 253 g/mol. The lowest BCUT2D eigenvalue weighted by Gasteiger charge is -2.41. The molecule has 0 aliphatic carbocycles. The number of Topliss-reactive ketones (excluding diaryl/α,β-unsaturated/α-hetero) is 1. The third kappa shape index (κ3) is 4.08. The largest absolute Gasteiger partial charge is 0.303 e. The number of hydrogen-bond acceptors (Lipinski definition) is 2. The number of carbonyl (C=O) groups is 1. The fraction of sp³-hybridized carbons (Fsp3) is 0.938. The van der Waals surface area contributed by atoms with Crippen LogP contribution in [-0.2, 0) is 4.79 Å². The number of likely N-dealkylation sites (tertiary alicyclic amines) is 1. The average Bonchev–Trinajstić information content (AvgIpc) is 2.35. The van der Waals surface area contributed by atoms with Gasteiger partial charge in [-0.25, -0.2) is 0 Å². The summed E-state index contributed by atoms with van der Waals surface area (Å²) in [6.07, 6.45) is 5.94. The second-order valence-corrected chi connectivity index (χ2v) is 6.97. The zero-order chi connectivity index (χ0) is 13.8. The first-order chi connectivity index (χ1) is 8.33. The fourth-order valence-corrected chi connectivity index (χ4v) is 2.84. The van der Waals surface area contributed by atoms with Crippen molar-refractivity contribution < 1.29 is 4.79 Å². The molecule has 0 saturated carbocycles. The minimum absolute atomic E-state index is 0.174. The van der Waals surface area contributed by atoms with E-state index in [1.54, 1.807) is 0 Å². The molecular formula is C16H31NO. The Morgan fingerprint density at radius 2 is 1.61 bits per heavy atom. The maximum atomic E-state index is 11.9. The minimum atomic E-state index is -0.174. The van der Waals surface area contributed by atoms with Gasteiger partial charge in [0.1, 0.15) is 5.78 Å². The van der Waals surface area contributed by atoms with Crippen LogP contribution in [0.1, 0.15) is 66.7 Å². The van der Waals surface area contributed by atoms with E-state index in [2.05, 4.69) is 18.7 Å². The minimum Gasteiger partial charge on any atom is -0.303 e. The van der Waals surface area contributed by atoms with Crippen molar-refractivity contribution in [3.05, 3.63) is 0 Å². The van der Waals surface area contributed by atoms with Crippen LogP contribution in [0.3, 0.4) is 0 Å². The fourth-order valence-electron chi connectivity index (χ4n) is 2.84. The van der Waals surface area contributed by atoms with E-state index in [0.717, 1.165) is 13.0 Å². The summed E-state index contributed by atoms with van der Waals surface area (Å²) in [5, 5.41) is 0. The molecule has 1 aliphatic rings. The molecule has 1 rings (SSSR count). The van der Waals surface area contributed by atoms with Gasteiger partial charge in [0.05, 0.1) is 0 Å². The van der Waals surface area contributed by atoms with Crippen molar-refractivity contribution in [2.24, 2.45) is 10.8 Å². The van der Waals surface area contributed by atoms with E-state index in [4.69, 9.17) is 0 Å². The molecule has 1 aliphatic heterocycles. The van der Waals surface area contributed by atoms with Gasteiger partial charge < -0.3 is 4.90 Å². The predicted molar refractivity (Wildman–Crippen MR) is 77.8 cm³/mol. The zero-order valence-electron chi connectivity index (χ0n) is 13.0. The number of hydrogen-bond donors (Lipinski definition) is 0. The van der Waals surface area contributed by atoms with Crippen molar-refractivity contribution >= 4 is 5.78 Å². The Balaban J connectivity index is 2.34. The van der Waals surface area contributed by atoms with Crippen molar-refractivity contribution in [3.8, 4) is 0 Å². The lowest BCUT2D eigenvalue weighted by Crippen LogP contribution is -2.41. The van der Waals surface area contributed by atoms with E-state index in [-0.39, 0.29) is 5.41 Å². The number of nitrogens with zero attached hydrogens (tertiary/aromatic N) is 1. The van der Waals surface area contributed by atoms with Gasteiger partial charge in [-0.2, -0.15) is 0 Å². The van der Waals surface area contributed by atoms with Gasteiger partial charge in [0.2, 0.25) is 0 Å². The van der Waals surface area contributed by atoms with Gasteiger partial charge in [-0.1, -0.05) is 47.5 Å². The van der Waals surface area contributed by atoms with Gasteiger partial charge in [0.15, 0.2) is 0 Å². The van der Waals surface area contributed by atoms with Gasteiger partial charge in [-0.05, 0) is 31.3 Å². The second-order valence-electron chi connectivity index (χ2n) is 6.97. The summed E-state index contributed by atoms with van der Waals surface area (Å²) in [6, 6.07) is 0. The Morgan fingerprint density at radius 3 is 2.00 bits per heavy atom. The standard InChI is InChI=1S/C16H31NO/c1-6-16(7-2)9-12-17(13-10-16)11-8-14(18)15(3,4)5/h6-13H2,1-5H3. The van der Waals surface area contributed by atoms with E-state index in [1.807, 2.05) is 20.8 Å². The van der Waals surface area contributed by atoms with Crippen LogP contribution in [0.2, 0.25) is 0 Å². The van der Waals surface area contributed by atoms with E-state index < -0.39 is 0 Å². The third-order valence-corrected chi connectivity index (χ3v) is 4.91. The first-order valence-electron chi connectivity index (χ1n) is 7.58. The lowest BCUT2D eigenvalue weighted by atomic mass is 9.74. The molecule has 18 heavy (non-hydrogen) atoms. The van der Waals surface area contributed by atoms with Gasteiger partial charge in [0, 0.05) is 18.4 Å². The van der Waals surface area contributed by atoms with E-state index >= 15 is 0 Å². The molecule has 1 saturated heterocycles. The molecule has 2 heteroatoms. The number of piperidine rings is 1. The molecule has 0 bridgehead atoms. The maximum absolute atomic E-state index is 11.9. The second kappa shape index (κ2) is 6.18. The Labute approximate surface area is 113 Å². The first-order valence-corrected chi connectivity index (χ1v) is 7.58. The highest BCUT2D eigenvalue weighted by Crippen LogP contribution is 2.37. The summed E-state index contributed by atoms with van der Waals surface area (Å²) in [6.45, 7) is 14.0. The number of ketones is 1. The monoisotopic (exact) mass is 253 g/mol. The van der Waals surface area contributed by atoms with Crippen molar-refractivity contribution in [2.45, 2.75) is 66.7 Å². The molecule has 106 valence electrons. The summed E-state index contributed by atoms with van der Waals surface area (Å²) in [4.78, 5) is 14.4. The van der Waals surface area contributed by atoms with Crippen LogP contribution in [0.25, 0.3) is 0 Å². The summed E-state index contributed by atoms with van der Waals surface area (Å²) >= 11 is 0. The Bertz CT molecular complexity index is 263. The van der Waals surface area contributed by atoms with Crippen LogP contribution in [0.4, 0.5) is 0 Å². The van der Waals surface area contributed by atoms with Crippen LogP contribution in [0.15, 0.2) is 0 Å². The molecule has 0 aromatic rings. The predicted octanol–water partition coefficient (Wildman–Crippen LogP) is 3.89. The molecule has 0 N–H and O–H groups in total. The molecule has 0 aromatic heterocycles. The highest BCUT2D eigenvalue weighted by molar-refractivity contribution is 5.83. The molecule has 0 atom stereocenters. The number of rotatable bonds is 5. The van der Waals surface area contributed by atoms with Crippen LogP contribution in [0, 0.1) is 10.8 Å². The normalized spacial score (nSPS) is 20.9. The SMILES string of the molecule is CCC1(CC)CCN(CCC(=O)C(C)(C)C)CC1. The van der Waals surface area contributed by atoms with Crippen molar-refractivity contribution in [1.29, 1.82) is 0 Å². The van der Waals surface area contributed by atoms with E-state index in [0.29, 0.717) is 11.2 Å². The van der Waals surface area contributed by atoms with E-state index in [1.165, 1.54) is 38.8 Å². The molecule has 1 fully saturated rings. The van der Waals surface area contributed by atoms with Crippen molar-refractivity contribution in [2.75, 3.05) is 19.6 Å². The molecule has 2 nitrogen and oxygen atoms in total. The molecule has 1 heterocycles. The summed E-state index contributed by atoms with van der Waals surface area (Å²) in [5.41, 5.74) is 0.414. The quantitative estimate of drug-likeness (QED) is 0.741. The van der Waals surface area contributed by atoms with Crippen molar-refractivity contribution in [1.82, 2.24) is 4.90 Å². The highest BCUT2D eigenvalue weighted by atomic mass is 16.1. The van der Waals surface area contributed by atoms with E-state index in [9.17, 15) is 4.79 Å². The Kier molecular flexibility index (Phi) is 5.39. The first kappa shape index (κ1) is 15.7. The van der Waals surface area contributed by atoms with Crippen molar-refractivity contribution in [3.63, 3.8) is 0 Å². The summed E-state index contributed by atoms with van der Waals surface area (Å²) < 4.78 is 0. The van der Waals surface area contributed by atoms with Crippen LogP contribution in [0.5, 0.6) is 0 Å². The van der Waals surface area contributed by atoms with Gasteiger partial charge in [-0.15, -0.1) is 0 Å². The Hall–Kier alpha value is -0.370. The van der Waals surface area contributed by atoms with Crippen LogP contribution in [-0.4, -0.2) is 30.3 Å². The molecule has 0 amide bonds. The third-order valence-electron chi connectivity index (χ3n) is 4.91. The zero-order valence-corrected chi connectivity index (χ0v) is 13.0. The topological polar surface area (TPSA) is 20.3 Å². The van der Waals surface area contributed by atoms with Crippen LogP contribution >= 0.6 is 0 Å². The van der Waals surface area contributed by atoms with Gasteiger partial charge >= 0.3 is 0 Å². The smallest absolute Gasteiger partial charge is 0.139 e. The Morgan fingerprint density at radius 1 is 1.11 bits per heavy atom. The number of carbonyl (C=O) groups excluding carboxylic acids is 1. The summed E-state index contributed by atoms with van der Waals surface area (Å²) in [7, 11) is 0. The maximum Gasteiger partial charge on any atom is 0.139 e. The van der Waals surface area contributed by atoms with Gasteiger partial charge in [0.25, 0.3) is 0 Å². The lowest BCUT2D eigenvalue weighted by molar-refractivity contribution is -0.126. The molecule has 0 aromatic carbocycles. The highest BCUT2D eigenvalue weighted by Gasteiger charge is 2.31. The molecule has 0 radical (unpaired) electrons. The molecule has 0 unspecified atom stereocenters. The van der Waals surface area contributed by atoms with Crippen LogP contribution < -0.4 is 0 Å². The van der Waals surface area contributed by atoms with Gasteiger partial charge in [-0.3, -0.25) is 4.79 Å².